The summed E-state index contributed by atoms with van der Waals surface area (Å²) in [7, 11) is 0. The molecule has 0 fully saturated rings. The van der Waals surface area contributed by atoms with Gasteiger partial charge in [-0.05, 0) is 54.6 Å². The Morgan fingerprint density at radius 1 is 0.340 bits per heavy atom. The molecule has 0 unspecified atom stereocenters. The molecule has 0 N–H and O–H groups in total. The minimum absolute atomic E-state index is 0.569. The molecule has 0 aliphatic heterocycles. The summed E-state index contributed by atoms with van der Waals surface area (Å²) < 4.78 is 6.88. The minimum atomic E-state index is 0.569. The summed E-state index contributed by atoms with van der Waals surface area (Å²) in [6, 6.07) is 61.5. The molecule has 11 aromatic rings. The molecule has 0 spiro atoms. The molecule has 0 atom stereocenters. The molecule has 7 aromatic carbocycles. The van der Waals surface area contributed by atoms with Crippen LogP contribution < -0.4 is 0 Å². The van der Waals surface area contributed by atoms with Crippen LogP contribution in [0.1, 0.15) is 0 Å². The lowest BCUT2D eigenvalue weighted by Crippen LogP contribution is -2.06. The van der Waals surface area contributed by atoms with E-state index in [1.54, 1.807) is 0 Å². The highest BCUT2D eigenvalue weighted by Crippen LogP contribution is 2.42. The first-order valence-corrected chi connectivity index (χ1v) is 17.8. The van der Waals surface area contributed by atoms with Crippen molar-refractivity contribution in [1.82, 2.24) is 28.7 Å². The largest absolute Gasteiger partial charge is 0.316 e. The Labute approximate surface area is 304 Å². The maximum Gasteiger partial charge on any atom is 0.238 e. The quantitative estimate of drug-likeness (QED) is 0.182. The average Bonchev–Trinajstić information content (AvgIpc) is 3.91. The molecule has 11 rings (SSSR count). The molecule has 53 heavy (non-hydrogen) atoms. The van der Waals surface area contributed by atoms with E-state index in [9.17, 15) is 0 Å². The molecule has 0 amide bonds. The number of rotatable bonds is 5. The van der Waals surface area contributed by atoms with Crippen molar-refractivity contribution in [2.75, 3.05) is 0 Å². The lowest BCUT2D eigenvalue weighted by molar-refractivity contribution is 0.955. The van der Waals surface area contributed by atoms with Crippen LogP contribution in [0.25, 0.3) is 94.6 Å². The van der Waals surface area contributed by atoms with Crippen molar-refractivity contribution in [2.24, 2.45) is 0 Å². The number of benzene rings is 7. The zero-order chi connectivity index (χ0) is 34.9. The van der Waals surface area contributed by atoms with Gasteiger partial charge in [0.2, 0.25) is 5.95 Å². The minimum Gasteiger partial charge on any atom is -0.316 e. The maximum atomic E-state index is 5.27. The number of hydrogen-bond donors (Lipinski definition) is 0. The normalized spacial score (nSPS) is 11.8. The van der Waals surface area contributed by atoms with Gasteiger partial charge in [0, 0.05) is 55.6 Å². The fraction of sp³-hybridized carbons (Fsp3) is 0. The molecule has 0 saturated heterocycles. The third kappa shape index (κ3) is 4.56. The Hall–Kier alpha value is -7.31. The van der Waals surface area contributed by atoms with Crippen molar-refractivity contribution in [1.29, 1.82) is 0 Å². The fourth-order valence-corrected chi connectivity index (χ4v) is 7.96. The van der Waals surface area contributed by atoms with Gasteiger partial charge in [-0.3, -0.25) is 4.57 Å². The third-order valence-corrected chi connectivity index (χ3v) is 10.3. The van der Waals surface area contributed by atoms with Crippen LogP contribution in [0.4, 0.5) is 0 Å². The standard InChI is InChI=1S/C47H30N6/c1-5-15-31(16-6-1)45-48-46(32-17-7-2-8-18-32)50-47(49-45)53-43-30-42-38(35-23-13-14-24-41(35)52(42)34-21-11-4-12-22-34)29-39(43)36-25-26-40-37(44(36)53)27-28-51(40)33-19-9-3-10-20-33/h1-30H. The van der Waals surface area contributed by atoms with Crippen LogP contribution in [0.5, 0.6) is 0 Å². The number of fused-ring (bicyclic) bond motifs is 8. The molecule has 0 saturated carbocycles. The van der Waals surface area contributed by atoms with Crippen molar-refractivity contribution in [2.45, 2.75) is 0 Å². The summed E-state index contributed by atoms with van der Waals surface area (Å²) in [5.74, 6) is 1.82. The molecule has 0 aliphatic carbocycles. The molecule has 4 aromatic heterocycles. The molecular weight excluding hydrogens is 649 g/mol. The molecule has 6 heteroatoms. The van der Waals surface area contributed by atoms with E-state index in [0.717, 1.165) is 66.2 Å². The predicted molar refractivity (Wildman–Crippen MR) is 216 cm³/mol. The van der Waals surface area contributed by atoms with Crippen LogP contribution in [0, 0.1) is 0 Å². The van der Waals surface area contributed by atoms with Crippen LogP contribution in [-0.2, 0) is 0 Å². The topological polar surface area (TPSA) is 53.5 Å². The van der Waals surface area contributed by atoms with Crippen LogP contribution >= 0.6 is 0 Å². The number of aromatic nitrogens is 6. The van der Waals surface area contributed by atoms with Gasteiger partial charge in [-0.2, -0.15) is 9.97 Å². The molecule has 0 radical (unpaired) electrons. The Morgan fingerprint density at radius 3 is 1.58 bits per heavy atom. The highest BCUT2D eigenvalue weighted by Gasteiger charge is 2.23. The van der Waals surface area contributed by atoms with Crippen LogP contribution in [0.15, 0.2) is 182 Å². The van der Waals surface area contributed by atoms with Crippen molar-refractivity contribution in [3.05, 3.63) is 182 Å². The van der Waals surface area contributed by atoms with Crippen LogP contribution in [-0.4, -0.2) is 28.7 Å². The van der Waals surface area contributed by atoms with Gasteiger partial charge in [0.1, 0.15) is 0 Å². The second-order valence-corrected chi connectivity index (χ2v) is 13.3. The van der Waals surface area contributed by atoms with Gasteiger partial charge in [-0.15, -0.1) is 0 Å². The molecule has 4 heterocycles. The molecule has 0 aliphatic rings. The van der Waals surface area contributed by atoms with Crippen LogP contribution in [0.3, 0.4) is 0 Å². The van der Waals surface area contributed by atoms with E-state index in [1.807, 2.05) is 36.4 Å². The lowest BCUT2D eigenvalue weighted by atomic mass is 10.1. The second kappa shape index (κ2) is 11.6. The first kappa shape index (κ1) is 29.4. The Kier molecular flexibility index (Phi) is 6.45. The van der Waals surface area contributed by atoms with E-state index in [0.29, 0.717) is 17.6 Å². The summed E-state index contributed by atoms with van der Waals surface area (Å²) in [5.41, 5.74) is 9.55. The summed E-state index contributed by atoms with van der Waals surface area (Å²) in [4.78, 5) is 15.6. The first-order chi connectivity index (χ1) is 26.3. The predicted octanol–water partition coefficient (Wildman–Crippen LogP) is 11.3. The van der Waals surface area contributed by atoms with Gasteiger partial charge >= 0.3 is 0 Å². The van der Waals surface area contributed by atoms with E-state index in [1.165, 1.54) is 10.8 Å². The maximum absolute atomic E-state index is 5.27. The summed E-state index contributed by atoms with van der Waals surface area (Å²) in [6.45, 7) is 0. The van der Waals surface area contributed by atoms with Gasteiger partial charge in [0.15, 0.2) is 11.6 Å². The number of nitrogens with zero attached hydrogens (tertiary/aromatic N) is 6. The molecule has 248 valence electrons. The fourth-order valence-electron chi connectivity index (χ4n) is 7.96. The van der Waals surface area contributed by atoms with E-state index in [4.69, 9.17) is 15.0 Å². The Balaban J connectivity index is 1.31. The lowest BCUT2D eigenvalue weighted by Gasteiger charge is -2.12. The molecule has 0 bridgehead atoms. The van der Waals surface area contributed by atoms with E-state index < -0.39 is 0 Å². The van der Waals surface area contributed by atoms with E-state index in [2.05, 4.69) is 159 Å². The highest BCUT2D eigenvalue weighted by molar-refractivity contribution is 6.23. The van der Waals surface area contributed by atoms with Crippen molar-refractivity contribution in [3.63, 3.8) is 0 Å². The Bertz CT molecular complexity index is 3080. The summed E-state index contributed by atoms with van der Waals surface area (Å²) in [6.07, 6.45) is 2.16. The SMILES string of the molecule is c1ccc(-c2nc(-c3ccccc3)nc(-n3c4cc5c(cc4c4ccc6c(ccn6-c6ccccc6)c43)c3ccccc3n5-c3ccccc3)n2)cc1. The smallest absolute Gasteiger partial charge is 0.238 e. The molecule has 6 nitrogen and oxygen atoms in total. The number of para-hydroxylation sites is 3. The molecular formula is C47H30N6. The number of hydrogen-bond acceptors (Lipinski definition) is 3. The monoisotopic (exact) mass is 678 g/mol. The first-order valence-electron chi connectivity index (χ1n) is 17.8. The second-order valence-electron chi connectivity index (χ2n) is 13.3. The van der Waals surface area contributed by atoms with Gasteiger partial charge in [0.25, 0.3) is 0 Å². The van der Waals surface area contributed by atoms with Crippen molar-refractivity contribution >= 4 is 54.5 Å². The highest BCUT2D eigenvalue weighted by atomic mass is 15.2. The van der Waals surface area contributed by atoms with Gasteiger partial charge in [0.05, 0.1) is 27.6 Å². The third-order valence-electron chi connectivity index (χ3n) is 10.3. The summed E-state index contributed by atoms with van der Waals surface area (Å²) in [5, 5.41) is 5.80. The zero-order valence-electron chi connectivity index (χ0n) is 28.5. The van der Waals surface area contributed by atoms with Gasteiger partial charge in [-0.25, -0.2) is 4.98 Å². The van der Waals surface area contributed by atoms with Gasteiger partial charge in [-0.1, -0.05) is 121 Å². The van der Waals surface area contributed by atoms with Crippen molar-refractivity contribution < 1.29 is 0 Å². The van der Waals surface area contributed by atoms with E-state index >= 15 is 0 Å². The Morgan fingerprint density at radius 2 is 0.906 bits per heavy atom. The van der Waals surface area contributed by atoms with E-state index in [-0.39, 0.29) is 0 Å². The van der Waals surface area contributed by atoms with Crippen molar-refractivity contribution in [3.8, 4) is 40.1 Å². The van der Waals surface area contributed by atoms with Crippen LogP contribution in [0.2, 0.25) is 0 Å². The van der Waals surface area contributed by atoms with Gasteiger partial charge < -0.3 is 9.13 Å². The average molecular weight is 679 g/mol. The zero-order valence-corrected chi connectivity index (χ0v) is 28.5. The summed E-state index contributed by atoms with van der Waals surface area (Å²) >= 11 is 0.